The van der Waals surface area contributed by atoms with Gasteiger partial charge in [-0.1, -0.05) is 0 Å². The number of nitrogens with zero attached hydrogens (tertiary/aromatic N) is 4. The van der Waals surface area contributed by atoms with E-state index >= 15 is 0 Å². The number of aliphatic hydroxyl groups excluding tert-OH is 1. The van der Waals surface area contributed by atoms with E-state index < -0.39 is 6.10 Å². The van der Waals surface area contributed by atoms with Gasteiger partial charge in [-0.15, -0.1) is 0 Å². The van der Waals surface area contributed by atoms with Gasteiger partial charge in [0, 0.05) is 25.5 Å². The predicted octanol–water partition coefficient (Wildman–Crippen LogP) is 1.29. The van der Waals surface area contributed by atoms with Crippen LogP contribution >= 0.6 is 0 Å². The van der Waals surface area contributed by atoms with Crippen molar-refractivity contribution in [3.63, 3.8) is 0 Å². The van der Waals surface area contributed by atoms with Crippen LogP contribution in [0.5, 0.6) is 0 Å². The first-order valence-electron chi connectivity index (χ1n) is 8.82. The van der Waals surface area contributed by atoms with Crippen LogP contribution in [0, 0.1) is 6.92 Å². The van der Waals surface area contributed by atoms with Gasteiger partial charge in [-0.3, -0.25) is 9.48 Å². The van der Waals surface area contributed by atoms with Gasteiger partial charge in [0.2, 0.25) is 0 Å². The van der Waals surface area contributed by atoms with Crippen molar-refractivity contribution in [2.45, 2.75) is 44.4 Å². The molecule has 25 heavy (non-hydrogen) atoms. The van der Waals surface area contributed by atoms with E-state index in [4.69, 9.17) is 0 Å². The molecule has 0 aromatic carbocycles. The van der Waals surface area contributed by atoms with Gasteiger partial charge < -0.3 is 15.3 Å². The van der Waals surface area contributed by atoms with E-state index in [9.17, 15) is 9.90 Å². The maximum absolute atomic E-state index is 12.5. The third-order valence-corrected chi connectivity index (χ3v) is 5.09. The highest BCUT2D eigenvalue weighted by atomic mass is 16.3. The molecule has 2 aliphatic rings. The quantitative estimate of drug-likeness (QED) is 0.876. The summed E-state index contributed by atoms with van der Waals surface area (Å²) in [5, 5.41) is 17.3. The Hall–Kier alpha value is -2.41. The summed E-state index contributed by atoms with van der Waals surface area (Å²) in [7, 11) is 0. The Morgan fingerprint density at radius 3 is 2.68 bits per heavy atom. The summed E-state index contributed by atoms with van der Waals surface area (Å²) in [6.07, 6.45) is 7.72. The average Bonchev–Trinajstić information content (AvgIpc) is 3.26. The Kier molecular flexibility index (Phi) is 4.17. The Morgan fingerprint density at radius 2 is 2.08 bits per heavy atom. The average molecular weight is 341 g/mol. The molecule has 0 bridgehead atoms. The number of anilines is 1. The SMILES string of the molecule is Cc1cnn([C@H]2[C@H](O)C[C@@H]2NC(=O)c2ccc(N3CCCC3)nc2)c1. The lowest BCUT2D eigenvalue weighted by Gasteiger charge is -2.41. The van der Waals surface area contributed by atoms with Crippen LogP contribution in [-0.2, 0) is 0 Å². The van der Waals surface area contributed by atoms with Crippen LogP contribution in [0.4, 0.5) is 5.82 Å². The fourth-order valence-corrected chi connectivity index (χ4v) is 3.62. The molecule has 2 fully saturated rings. The number of aromatic nitrogens is 3. The van der Waals surface area contributed by atoms with Gasteiger partial charge in [-0.25, -0.2) is 4.98 Å². The summed E-state index contributed by atoms with van der Waals surface area (Å²) in [5.74, 6) is 0.768. The van der Waals surface area contributed by atoms with E-state index in [0.29, 0.717) is 12.0 Å². The van der Waals surface area contributed by atoms with Crippen molar-refractivity contribution in [3.8, 4) is 0 Å². The number of amides is 1. The molecule has 0 unspecified atom stereocenters. The molecular weight excluding hydrogens is 318 g/mol. The lowest BCUT2D eigenvalue weighted by molar-refractivity contribution is -0.00590. The minimum Gasteiger partial charge on any atom is -0.391 e. The zero-order valence-corrected chi connectivity index (χ0v) is 14.3. The first-order chi connectivity index (χ1) is 12.1. The summed E-state index contributed by atoms with van der Waals surface area (Å²) in [6.45, 7) is 4.02. The first-order valence-corrected chi connectivity index (χ1v) is 8.82. The van der Waals surface area contributed by atoms with Gasteiger partial charge in [-0.2, -0.15) is 5.10 Å². The molecule has 7 nitrogen and oxygen atoms in total. The third-order valence-electron chi connectivity index (χ3n) is 5.09. The molecule has 3 atom stereocenters. The van der Waals surface area contributed by atoms with Crippen LogP contribution in [0.2, 0.25) is 0 Å². The Morgan fingerprint density at radius 1 is 1.28 bits per heavy atom. The maximum Gasteiger partial charge on any atom is 0.253 e. The summed E-state index contributed by atoms with van der Waals surface area (Å²) < 4.78 is 1.74. The number of hydrogen-bond donors (Lipinski definition) is 2. The number of nitrogens with one attached hydrogen (secondary N) is 1. The van der Waals surface area contributed by atoms with Crippen LogP contribution in [0.25, 0.3) is 0 Å². The fraction of sp³-hybridized carbons (Fsp3) is 0.500. The molecule has 2 aromatic rings. The van der Waals surface area contributed by atoms with E-state index in [1.54, 1.807) is 17.1 Å². The molecule has 132 valence electrons. The lowest BCUT2D eigenvalue weighted by Crippen LogP contribution is -2.56. The molecular formula is C18H23N5O2. The van der Waals surface area contributed by atoms with E-state index in [1.807, 2.05) is 25.3 Å². The molecule has 1 amide bonds. The summed E-state index contributed by atoms with van der Waals surface area (Å²) >= 11 is 0. The second-order valence-corrected chi connectivity index (χ2v) is 6.97. The molecule has 1 aliphatic heterocycles. The minimum atomic E-state index is -0.486. The summed E-state index contributed by atoms with van der Waals surface area (Å²) in [5.41, 5.74) is 1.57. The molecule has 7 heteroatoms. The van der Waals surface area contributed by atoms with Gasteiger partial charge in [0.25, 0.3) is 5.91 Å². The van der Waals surface area contributed by atoms with Gasteiger partial charge in [0.05, 0.1) is 29.9 Å². The van der Waals surface area contributed by atoms with Crippen LogP contribution in [-0.4, -0.2) is 51.0 Å². The minimum absolute atomic E-state index is 0.125. The Bertz CT molecular complexity index is 751. The highest BCUT2D eigenvalue weighted by Crippen LogP contribution is 2.32. The zero-order valence-electron chi connectivity index (χ0n) is 14.3. The van der Waals surface area contributed by atoms with Crippen molar-refractivity contribution in [1.82, 2.24) is 20.1 Å². The van der Waals surface area contributed by atoms with E-state index in [2.05, 4.69) is 20.3 Å². The molecule has 1 aliphatic carbocycles. The number of pyridine rings is 1. The molecule has 0 radical (unpaired) electrons. The van der Waals surface area contributed by atoms with Crippen molar-refractivity contribution in [3.05, 3.63) is 41.9 Å². The van der Waals surface area contributed by atoms with Crippen molar-refractivity contribution in [1.29, 1.82) is 0 Å². The van der Waals surface area contributed by atoms with Crippen molar-refractivity contribution in [2.24, 2.45) is 0 Å². The molecule has 1 saturated carbocycles. The van der Waals surface area contributed by atoms with Gasteiger partial charge >= 0.3 is 0 Å². The van der Waals surface area contributed by atoms with Crippen molar-refractivity contribution in [2.75, 3.05) is 18.0 Å². The molecule has 2 N–H and O–H groups in total. The Balaban J connectivity index is 1.41. The van der Waals surface area contributed by atoms with E-state index in [-0.39, 0.29) is 18.0 Å². The largest absolute Gasteiger partial charge is 0.391 e. The Labute approximate surface area is 146 Å². The second kappa shape index (κ2) is 6.48. The smallest absolute Gasteiger partial charge is 0.253 e. The highest BCUT2D eigenvalue weighted by Gasteiger charge is 2.42. The number of carbonyl (C=O) groups excluding carboxylic acids is 1. The summed E-state index contributed by atoms with van der Waals surface area (Å²) in [4.78, 5) is 19.2. The van der Waals surface area contributed by atoms with Crippen molar-refractivity contribution >= 4 is 11.7 Å². The fourth-order valence-electron chi connectivity index (χ4n) is 3.62. The predicted molar refractivity (Wildman–Crippen MR) is 93.6 cm³/mol. The van der Waals surface area contributed by atoms with E-state index in [1.165, 1.54) is 12.8 Å². The molecule has 4 rings (SSSR count). The van der Waals surface area contributed by atoms with Crippen LogP contribution in [0.15, 0.2) is 30.7 Å². The number of aliphatic hydroxyl groups is 1. The van der Waals surface area contributed by atoms with E-state index in [0.717, 1.165) is 24.5 Å². The number of hydrogen-bond acceptors (Lipinski definition) is 5. The number of carbonyl (C=O) groups is 1. The number of aryl methyl sites for hydroxylation is 1. The maximum atomic E-state index is 12.5. The monoisotopic (exact) mass is 341 g/mol. The van der Waals surface area contributed by atoms with Crippen molar-refractivity contribution < 1.29 is 9.90 Å². The van der Waals surface area contributed by atoms with Gasteiger partial charge in [0.15, 0.2) is 0 Å². The molecule has 3 heterocycles. The second-order valence-electron chi connectivity index (χ2n) is 6.97. The topological polar surface area (TPSA) is 83.3 Å². The lowest BCUT2D eigenvalue weighted by atomic mass is 9.83. The van der Waals surface area contributed by atoms with Gasteiger partial charge in [-0.05, 0) is 43.9 Å². The molecule has 1 saturated heterocycles. The van der Waals surface area contributed by atoms with Gasteiger partial charge in [0.1, 0.15) is 5.82 Å². The third kappa shape index (κ3) is 3.11. The summed E-state index contributed by atoms with van der Waals surface area (Å²) in [6, 6.07) is 3.39. The van der Waals surface area contributed by atoms with Crippen LogP contribution in [0.1, 0.15) is 41.2 Å². The van der Waals surface area contributed by atoms with Crippen LogP contribution in [0.3, 0.4) is 0 Å². The number of rotatable bonds is 4. The normalized spacial score (nSPS) is 25.7. The molecule has 0 spiro atoms. The zero-order chi connectivity index (χ0) is 17.4. The first kappa shape index (κ1) is 16.1. The highest BCUT2D eigenvalue weighted by molar-refractivity contribution is 5.94. The van der Waals surface area contributed by atoms with Crippen LogP contribution < -0.4 is 10.2 Å². The standard InChI is InChI=1S/C18H23N5O2/c1-12-9-20-23(11-12)17-14(8-15(17)24)21-18(25)13-4-5-16(19-10-13)22-6-2-3-7-22/h4-5,9-11,14-15,17,24H,2-3,6-8H2,1H3,(H,21,25)/t14-,15+,17+/m0/s1. The molecule has 2 aromatic heterocycles.